The summed E-state index contributed by atoms with van der Waals surface area (Å²) < 4.78 is 27.8. The molecule has 0 amide bonds. The molecule has 4 nitrogen and oxygen atoms in total. The molecule has 0 saturated carbocycles. The fourth-order valence-corrected chi connectivity index (χ4v) is 5.25. The van der Waals surface area contributed by atoms with Gasteiger partial charge < -0.3 is 4.98 Å². The van der Waals surface area contributed by atoms with E-state index >= 15 is 0 Å². The van der Waals surface area contributed by atoms with Gasteiger partial charge in [0, 0.05) is 28.6 Å². The first kappa shape index (κ1) is 16.2. The number of rotatable bonds is 5. The Labute approximate surface area is 140 Å². The number of sulfonamides is 1. The fraction of sp³-hybridized carbons (Fsp3) is 0.294. The molecule has 2 N–H and O–H groups in total. The maximum Gasteiger partial charge on any atom is 0.250 e. The van der Waals surface area contributed by atoms with E-state index in [0.29, 0.717) is 10.8 Å². The number of hydrogen-bond acceptors (Lipinski definition) is 3. The summed E-state index contributed by atoms with van der Waals surface area (Å²) in [6, 6.07) is 11.5. The van der Waals surface area contributed by atoms with Crippen LogP contribution in [0.25, 0.3) is 10.9 Å². The number of hydrogen-bond donors (Lipinski definition) is 2. The smallest absolute Gasteiger partial charge is 0.250 e. The number of nitrogens with one attached hydrogen (secondary N) is 2. The Balaban J connectivity index is 1.91. The van der Waals surface area contributed by atoms with Crippen LogP contribution in [0.2, 0.25) is 0 Å². The van der Waals surface area contributed by atoms with Crippen LogP contribution in [0.3, 0.4) is 0 Å². The molecular weight excluding hydrogens is 328 g/mol. The molecule has 0 radical (unpaired) electrons. The highest BCUT2D eigenvalue weighted by Gasteiger charge is 2.28. The normalized spacial score (nSPS) is 12.8. The van der Waals surface area contributed by atoms with Crippen molar-refractivity contribution in [2.45, 2.75) is 30.4 Å². The molecule has 0 aliphatic carbocycles. The fourth-order valence-electron chi connectivity index (χ4n) is 3.00. The number of aryl methyl sites for hydroxylation is 1. The number of aromatic amines is 1. The molecule has 3 aromatic rings. The first-order valence-corrected chi connectivity index (χ1v) is 9.78. The molecule has 6 heteroatoms. The molecular formula is C17H20N2O2S2. The van der Waals surface area contributed by atoms with E-state index < -0.39 is 10.0 Å². The molecule has 0 unspecified atom stereocenters. The van der Waals surface area contributed by atoms with Gasteiger partial charge in [0.1, 0.15) is 4.21 Å². The molecule has 0 aliphatic rings. The summed E-state index contributed by atoms with van der Waals surface area (Å²) in [6.07, 6.45) is 0. The molecule has 2 heterocycles. The molecule has 1 aromatic carbocycles. The highest BCUT2D eigenvalue weighted by molar-refractivity contribution is 7.91. The summed E-state index contributed by atoms with van der Waals surface area (Å²) in [5, 5.41) is 2.91. The minimum atomic E-state index is -3.45. The molecule has 0 aliphatic heterocycles. The third-order valence-electron chi connectivity index (χ3n) is 4.03. The standard InChI is InChI=1S/C17H20N2O2S2/c1-12-16(13-7-4-5-8-14(13)19-12)17(2,3)11-18-23(20,21)15-9-6-10-22-15/h4-10,18-19H,11H2,1-3H3. The van der Waals surface area contributed by atoms with Crippen molar-refractivity contribution in [3.8, 4) is 0 Å². The zero-order valence-electron chi connectivity index (χ0n) is 13.4. The van der Waals surface area contributed by atoms with Crippen LogP contribution < -0.4 is 4.72 Å². The van der Waals surface area contributed by atoms with Crippen LogP contribution in [-0.4, -0.2) is 19.9 Å². The second-order valence-electron chi connectivity index (χ2n) is 6.31. The van der Waals surface area contributed by atoms with Crippen molar-refractivity contribution in [2.75, 3.05) is 6.54 Å². The van der Waals surface area contributed by atoms with Gasteiger partial charge in [-0.1, -0.05) is 38.1 Å². The lowest BCUT2D eigenvalue weighted by molar-refractivity contribution is 0.503. The van der Waals surface area contributed by atoms with Crippen molar-refractivity contribution < 1.29 is 8.42 Å². The largest absolute Gasteiger partial charge is 0.358 e. The highest BCUT2D eigenvalue weighted by Crippen LogP contribution is 2.33. The first-order valence-electron chi connectivity index (χ1n) is 7.42. The number of benzene rings is 1. The Morgan fingerprint density at radius 1 is 1.17 bits per heavy atom. The van der Waals surface area contributed by atoms with Gasteiger partial charge in [-0.25, -0.2) is 13.1 Å². The van der Waals surface area contributed by atoms with Crippen LogP contribution in [0.15, 0.2) is 46.0 Å². The molecule has 0 atom stereocenters. The van der Waals surface area contributed by atoms with Crippen LogP contribution in [0.1, 0.15) is 25.1 Å². The Kier molecular flexibility index (Phi) is 4.08. The maximum absolute atomic E-state index is 12.3. The molecule has 0 saturated heterocycles. The lowest BCUT2D eigenvalue weighted by Gasteiger charge is -2.26. The van der Waals surface area contributed by atoms with Crippen LogP contribution in [0.5, 0.6) is 0 Å². The van der Waals surface area contributed by atoms with Crippen molar-refractivity contribution in [3.05, 3.63) is 53.0 Å². The summed E-state index contributed by atoms with van der Waals surface area (Å²) in [5.74, 6) is 0. The van der Waals surface area contributed by atoms with Gasteiger partial charge in [-0.3, -0.25) is 0 Å². The second kappa shape index (κ2) is 5.78. The number of H-pyrrole nitrogens is 1. The molecule has 23 heavy (non-hydrogen) atoms. The molecule has 122 valence electrons. The van der Waals surface area contributed by atoms with E-state index in [1.807, 2.05) is 25.1 Å². The van der Waals surface area contributed by atoms with Crippen molar-refractivity contribution in [1.29, 1.82) is 0 Å². The van der Waals surface area contributed by atoms with Crippen LogP contribution in [0.4, 0.5) is 0 Å². The molecule has 2 aromatic heterocycles. The van der Waals surface area contributed by atoms with Crippen molar-refractivity contribution >= 4 is 32.3 Å². The van der Waals surface area contributed by atoms with Crippen molar-refractivity contribution in [2.24, 2.45) is 0 Å². The van der Waals surface area contributed by atoms with Crippen LogP contribution in [0, 0.1) is 6.92 Å². The van der Waals surface area contributed by atoms with Gasteiger partial charge in [-0.15, -0.1) is 11.3 Å². The average Bonchev–Trinajstić information content (AvgIpc) is 3.12. The quantitative estimate of drug-likeness (QED) is 0.737. The zero-order valence-corrected chi connectivity index (χ0v) is 15.0. The third kappa shape index (κ3) is 3.06. The van der Waals surface area contributed by atoms with Gasteiger partial charge >= 0.3 is 0 Å². The van der Waals surface area contributed by atoms with E-state index in [9.17, 15) is 8.42 Å². The van der Waals surface area contributed by atoms with Gasteiger partial charge in [0.2, 0.25) is 10.0 Å². The second-order valence-corrected chi connectivity index (χ2v) is 9.25. The minimum absolute atomic E-state index is 0.325. The Bertz CT molecular complexity index is 923. The number of fused-ring (bicyclic) bond motifs is 1. The SMILES string of the molecule is Cc1[nH]c2ccccc2c1C(C)(C)CNS(=O)(=O)c1cccs1. The monoisotopic (exact) mass is 348 g/mol. The average molecular weight is 348 g/mol. The van der Waals surface area contributed by atoms with E-state index in [1.165, 1.54) is 11.3 Å². The Hall–Kier alpha value is -1.63. The van der Waals surface area contributed by atoms with Gasteiger partial charge in [0.15, 0.2) is 0 Å². The third-order valence-corrected chi connectivity index (χ3v) is 6.83. The number of para-hydroxylation sites is 1. The van der Waals surface area contributed by atoms with Crippen molar-refractivity contribution in [3.63, 3.8) is 0 Å². The number of aromatic nitrogens is 1. The first-order chi connectivity index (χ1) is 10.8. The van der Waals surface area contributed by atoms with Crippen LogP contribution >= 0.6 is 11.3 Å². The summed E-state index contributed by atoms with van der Waals surface area (Å²) >= 11 is 1.23. The molecule has 0 fully saturated rings. The van der Waals surface area contributed by atoms with E-state index in [0.717, 1.165) is 22.2 Å². The van der Waals surface area contributed by atoms with E-state index in [1.54, 1.807) is 17.5 Å². The van der Waals surface area contributed by atoms with E-state index in [2.05, 4.69) is 29.6 Å². The summed E-state index contributed by atoms with van der Waals surface area (Å²) in [5.41, 5.74) is 2.98. The molecule has 3 rings (SSSR count). The van der Waals surface area contributed by atoms with Gasteiger partial charge in [0.05, 0.1) is 0 Å². The lowest BCUT2D eigenvalue weighted by atomic mass is 9.83. The topological polar surface area (TPSA) is 62.0 Å². The maximum atomic E-state index is 12.3. The predicted octanol–water partition coefficient (Wildman–Crippen LogP) is 3.79. The summed E-state index contributed by atoms with van der Waals surface area (Å²) in [6.45, 7) is 6.50. The van der Waals surface area contributed by atoms with Gasteiger partial charge in [0.25, 0.3) is 0 Å². The highest BCUT2D eigenvalue weighted by atomic mass is 32.2. The Morgan fingerprint density at radius 3 is 2.61 bits per heavy atom. The zero-order chi connectivity index (χ0) is 16.7. The van der Waals surface area contributed by atoms with Crippen LogP contribution in [-0.2, 0) is 15.4 Å². The van der Waals surface area contributed by atoms with Crippen molar-refractivity contribution in [1.82, 2.24) is 9.71 Å². The van der Waals surface area contributed by atoms with E-state index in [-0.39, 0.29) is 5.41 Å². The molecule has 0 spiro atoms. The van der Waals surface area contributed by atoms with E-state index in [4.69, 9.17) is 0 Å². The summed E-state index contributed by atoms with van der Waals surface area (Å²) in [7, 11) is -3.45. The number of thiophene rings is 1. The van der Waals surface area contributed by atoms with Gasteiger partial charge in [-0.2, -0.15) is 0 Å². The predicted molar refractivity (Wildman–Crippen MR) is 95.6 cm³/mol. The lowest BCUT2D eigenvalue weighted by Crippen LogP contribution is -2.36. The molecule has 0 bridgehead atoms. The minimum Gasteiger partial charge on any atom is -0.358 e. The van der Waals surface area contributed by atoms with Gasteiger partial charge in [-0.05, 0) is 30.0 Å². The summed E-state index contributed by atoms with van der Waals surface area (Å²) in [4.78, 5) is 3.38. The Morgan fingerprint density at radius 2 is 1.91 bits per heavy atom.